The van der Waals surface area contributed by atoms with Crippen LogP contribution in [-0.2, 0) is 21.6 Å². The molecule has 1 fully saturated rings. The van der Waals surface area contributed by atoms with Crippen molar-refractivity contribution in [2.75, 3.05) is 7.05 Å². The fourth-order valence-corrected chi connectivity index (χ4v) is 3.97. The monoisotopic (exact) mass is 397 g/mol. The van der Waals surface area contributed by atoms with Gasteiger partial charge in [-0.05, 0) is 17.9 Å². The lowest BCUT2D eigenvalue weighted by molar-refractivity contribution is -0.385. The van der Waals surface area contributed by atoms with Gasteiger partial charge in [-0.2, -0.15) is 0 Å². The van der Waals surface area contributed by atoms with Gasteiger partial charge in [-0.25, -0.2) is 9.00 Å². The summed E-state index contributed by atoms with van der Waals surface area (Å²) in [5.74, 6) is -1.28. The zero-order chi connectivity index (χ0) is 20.0. The molecule has 0 radical (unpaired) electrons. The van der Waals surface area contributed by atoms with Gasteiger partial charge in [0.2, 0.25) is 5.91 Å². The number of benzene rings is 1. The van der Waals surface area contributed by atoms with Crippen molar-refractivity contribution >= 4 is 28.7 Å². The van der Waals surface area contributed by atoms with Gasteiger partial charge >= 0.3 is 6.03 Å². The normalized spacial score (nSPS) is 16.5. The van der Waals surface area contributed by atoms with Gasteiger partial charge in [0.25, 0.3) is 5.69 Å². The van der Waals surface area contributed by atoms with Crippen molar-refractivity contribution in [1.82, 2.24) is 10.6 Å². The molecule has 148 valence electrons. The van der Waals surface area contributed by atoms with Crippen LogP contribution in [0.1, 0.15) is 49.1 Å². The van der Waals surface area contributed by atoms with E-state index >= 15 is 0 Å². The standard InChI is InChI=1S/C17H23N3O6S/c1-18-17(22)19-16(21)14(8-11-4-2-3-5-11)12-6-7-13(10-27(25)26)15(9-12)20(23)24/h6-7,9,11,14H,2-5,8,10H2,1H3,(H,25,26)(H2,18,19,21,22). The maximum Gasteiger partial charge on any atom is 0.321 e. The van der Waals surface area contributed by atoms with Crippen LogP contribution in [0.2, 0.25) is 0 Å². The minimum absolute atomic E-state index is 0.121. The molecule has 0 spiro atoms. The molecule has 1 aliphatic rings. The molecule has 2 unspecified atom stereocenters. The molecule has 10 heteroatoms. The number of amides is 3. The van der Waals surface area contributed by atoms with E-state index < -0.39 is 33.9 Å². The Balaban J connectivity index is 2.36. The van der Waals surface area contributed by atoms with E-state index in [2.05, 4.69) is 10.6 Å². The van der Waals surface area contributed by atoms with Crippen molar-refractivity contribution in [3.05, 3.63) is 39.4 Å². The molecule has 3 N–H and O–H groups in total. The van der Waals surface area contributed by atoms with Crippen molar-refractivity contribution in [2.24, 2.45) is 5.92 Å². The van der Waals surface area contributed by atoms with Crippen LogP contribution in [0.4, 0.5) is 10.5 Å². The maximum atomic E-state index is 12.6. The van der Waals surface area contributed by atoms with Gasteiger partial charge in [-0.15, -0.1) is 0 Å². The fraction of sp³-hybridized carbons (Fsp3) is 0.529. The number of carbonyl (C=O) groups is 2. The number of hydrogen-bond acceptors (Lipinski definition) is 5. The first-order valence-corrected chi connectivity index (χ1v) is 9.96. The molecule has 9 nitrogen and oxygen atoms in total. The molecule has 1 aromatic rings. The van der Waals surface area contributed by atoms with Crippen LogP contribution < -0.4 is 10.6 Å². The van der Waals surface area contributed by atoms with Crippen molar-refractivity contribution in [3.8, 4) is 0 Å². The number of urea groups is 1. The smallest absolute Gasteiger partial charge is 0.321 e. The van der Waals surface area contributed by atoms with Gasteiger partial charge in [0.05, 0.1) is 16.6 Å². The minimum Gasteiger partial charge on any atom is -0.341 e. The SMILES string of the molecule is CNC(=O)NC(=O)C(CC1CCCC1)c1ccc(CS(=O)O)c([N+](=O)[O-])c1. The van der Waals surface area contributed by atoms with Crippen molar-refractivity contribution in [2.45, 2.75) is 43.8 Å². The van der Waals surface area contributed by atoms with E-state index in [0.717, 1.165) is 25.7 Å². The molecule has 0 heterocycles. The van der Waals surface area contributed by atoms with Crippen molar-refractivity contribution in [3.63, 3.8) is 0 Å². The van der Waals surface area contributed by atoms with Gasteiger partial charge in [0, 0.05) is 18.7 Å². The second-order valence-electron chi connectivity index (χ2n) is 6.62. The van der Waals surface area contributed by atoms with Crippen LogP contribution in [0.3, 0.4) is 0 Å². The third-order valence-corrected chi connectivity index (χ3v) is 5.37. The second kappa shape index (κ2) is 9.56. The summed E-state index contributed by atoms with van der Waals surface area (Å²) in [5, 5.41) is 15.9. The number of carbonyl (C=O) groups excluding carboxylic acids is 2. The predicted octanol–water partition coefficient (Wildman–Crippen LogP) is 2.44. The van der Waals surface area contributed by atoms with Gasteiger partial charge < -0.3 is 9.87 Å². The largest absolute Gasteiger partial charge is 0.341 e. The first kappa shape index (κ1) is 21.0. The van der Waals surface area contributed by atoms with Gasteiger partial charge in [0.15, 0.2) is 11.1 Å². The summed E-state index contributed by atoms with van der Waals surface area (Å²) in [4.78, 5) is 34.9. The lowest BCUT2D eigenvalue weighted by Crippen LogP contribution is -2.40. The zero-order valence-electron chi connectivity index (χ0n) is 15.0. The maximum absolute atomic E-state index is 12.6. The molecule has 2 atom stereocenters. The van der Waals surface area contributed by atoms with Crippen LogP contribution in [0.15, 0.2) is 18.2 Å². The molecule has 0 aromatic heterocycles. The van der Waals surface area contributed by atoms with E-state index in [1.807, 2.05) is 0 Å². The lowest BCUT2D eigenvalue weighted by Gasteiger charge is -2.20. The van der Waals surface area contributed by atoms with Crippen LogP contribution in [0, 0.1) is 16.0 Å². The number of hydrogen-bond donors (Lipinski definition) is 3. The number of nitro benzene ring substituents is 1. The van der Waals surface area contributed by atoms with E-state index in [0.29, 0.717) is 17.9 Å². The van der Waals surface area contributed by atoms with Gasteiger partial charge in [-0.1, -0.05) is 37.8 Å². The number of nitrogens with zero attached hydrogens (tertiary/aromatic N) is 1. The Hall–Kier alpha value is -2.33. The summed E-state index contributed by atoms with van der Waals surface area (Å²) >= 11 is -2.22. The third kappa shape index (κ3) is 5.83. The summed E-state index contributed by atoms with van der Waals surface area (Å²) in [6.07, 6.45) is 4.61. The Morgan fingerprint density at radius 1 is 1.37 bits per heavy atom. The highest BCUT2D eigenvalue weighted by molar-refractivity contribution is 7.78. The summed E-state index contributed by atoms with van der Waals surface area (Å²) in [7, 11) is 1.39. The summed E-state index contributed by atoms with van der Waals surface area (Å²) in [6.45, 7) is 0. The van der Waals surface area contributed by atoms with Crippen LogP contribution in [0.25, 0.3) is 0 Å². The van der Waals surface area contributed by atoms with Crippen molar-refractivity contribution < 1.29 is 23.3 Å². The highest BCUT2D eigenvalue weighted by Crippen LogP contribution is 2.36. The molecule has 0 saturated heterocycles. The molecule has 0 bridgehead atoms. The molecule has 0 aliphatic heterocycles. The Kier molecular flexibility index (Phi) is 7.43. The average Bonchev–Trinajstić information content (AvgIpc) is 3.12. The lowest BCUT2D eigenvalue weighted by atomic mass is 9.86. The molecule has 3 amide bonds. The molecular formula is C17H23N3O6S. The van der Waals surface area contributed by atoms with Crippen LogP contribution in [0.5, 0.6) is 0 Å². The third-order valence-electron chi connectivity index (χ3n) is 4.81. The number of imide groups is 1. The summed E-state index contributed by atoms with van der Waals surface area (Å²) in [5.41, 5.74) is 0.234. The van der Waals surface area contributed by atoms with Gasteiger partial charge in [0.1, 0.15) is 0 Å². The second-order valence-corrected chi connectivity index (χ2v) is 7.55. The van der Waals surface area contributed by atoms with Crippen LogP contribution in [-0.4, -0.2) is 32.7 Å². The highest BCUT2D eigenvalue weighted by Gasteiger charge is 2.29. The Bertz CT molecular complexity index is 748. The molecule has 1 saturated carbocycles. The first-order chi connectivity index (χ1) is 12.8. The quantitative estimate of drug-likeness (QED) is 0.367. The summed E-state index contributed by atoms with van der Waals surface area (Å²) in [6, 6.07) is 3.58. The Labute approximate surface area is 159 Å². The van der Waals surface area contributed by atoms with Crippen LogP contribution >= 0.6 is 0 Å². The number of rotatable bonds is 7. The Morgan fingerprint density at radius 3 is 2.59 bits per heavy atom. The molecular weight excluding hydrogens is 374 g/mol. The summed E-state index contributed by atoms with van der Waals surface area (Å²) < 4.78 is 20.1. The number of nitro groups is 1. The molecule has 1 aliphatic carbocycles. The Morgan fingerprint density at radius 2 is 2.04 bits per heavy atom. The van der Waals surface area contributed by atoms with E-state index in [-0.39, 0.29) is 17.0 Å². The minimum atomic E-state index is -2.22. The van der Waals surface area contributed by atoms with E-state index in [4.69, 9.17) is 4.55 Å². The number of nitrogens with one attached hydrogen (secondary N) is 2. The predicted molar refractivity (Wildman–Crippen MR) is 99.5 cm³/mol. The highest BCUT2D eigenvalue weighted by atomic mass is 32.2. The van der Waals surface area contributed by atoms with E-state index in [9.17, 15) is 23.9 Å². The van der Waals surface area contributed by atoms with E-state index in [1.54, 1.807) is 6.07 Å². The van der Waals surface area contributed by atoms with Crippen molar-refractivity contribution in [1.29, 1.82) is 0 Å². The first-order valence-electron chi connectivity index (χ1n) is 8.69. The molecule has 2 rings (SSSR count). The zero-order valence-corrected chi connectivity index (χ0v) is 15.8. The topological polar surface area (TPSA) is 139 Å². The fourth-order valence-electron chi connectivity index (χ4n) is 3.46. The van der Waals surface area contributed by atoms with E-state index in [1.165, 1.54) is 19.2 Å². The average molecular weight is 397 g/mol. The van der Waals surface area contributed by atoms with Gasteiger partial charge in [-0.3, -0.25) is 20.2 Å². The molecule has 27 heavy (non-hydrogen) atoms. The molecule has 1 aromatic carbocycles.